The molecule has 1 aromatic carbocycles. The van der Waals surface area contributed by atoms with E-state index in [4.69, 9.17) is 4.74 Å². The Balaban J connectivity index is 2.60. The van der Waals surface area contributed by atoms with Crippen molar-refractivity contribution >= 4 is 5.97 Å². The van der Waals surface area contributed by atoms with E-state index in [0.717, 1.165) is 0 Å². The minimum absolute atomic E-state index is 0.294. The summed E-state index contributed by atoms with van der Waals surface area (Å²) in [5.41, 5.74) is 0.349. The predicted octanol–water partition coefficient (Wildman–Crippen LogP) is 2.12. The van der Waals surface area contributed by atoms with Gasteiger partial charge in [0.05, 0.1) is 12.7 Å². The minimum atomic E-state index is -2.51. The Morgan fingerprint density at radius 1 is 1.33 bits per heavy atom. The number of benzene rings is 1. The van der Waals surface area contributed by atoms with Crippen LogP contribution in [0.15, 0.2) is 24.3 Å². The largest absolute Gasteiger partial charge is 0.488 e. The van der Waals surface area contributed by atoms with Crippen molar-refractivity contribution in [3.63, 3.8) is 0 Å². The third-order valence-corrected chi connectivity index (χ3v) is 1.65. The predicted molar refractivity (Wildman–Crippen MR) is 49.3 cm³/mol. The number of hydrogen-bond donors (Lipinski definition) is 0. The molecule has 0 atom stereocenters. The molecule has 0 radical (unpaired) electrons. The molecule has 0 spiro atoms. The van der Waals surface area contributed by atoms with Crippen molar-refractivity contribution in [3.8, 4) is 5.75 Å². The Morgan fingerprint density at radius 2 is 1.93 bits per heavy atom. The summed E-state index contributed by atoms with van der Waals surface area (Å²) in [6.45, 7) is -0.655. The van der Waals surface area contributed by atoms with Gasteiger partial charge in [0.1, 0.15) is 12.4 Å². The van der Waals surface area contributed by atoms with Crippen molar-refractivity contribution in [1.82, 2.24) is 0 Å². The van der Waals surface area contributed by atoms with Gasteiger partial charge in [0.15, 0.2) is 0 Å². The lowest BCUT2D eigenvalue weighted by molar-refractivity contribution is 0.0600. The maximum atomic E-state index is 11.8. The second-order valence-electron chi connectivity index (χ2n) is 2.72. The van der Waals surface area contributed by atoms with E-state index in [9.17, 15) is 13.6 Å². The van der Waals surface area contributed by atoms with E-state index in [2.05, 4.69) is 4.74 Å². The first-order valence-corrected chi connectivity index (χ1v) is 4.23. The Hall–Kier alpha value is -1.65. The molecule has 0 heterocycles. The second-order valence-corrected chi connectivity index (χ2v) is 2.72. The smallest absolute Gasteiger partial charge is 0.337 e. The summed E-state index contributed by atoms with van der Waals surface area (Å²) in [6, 6.07) is 5.78. The molecule has 1 rings (SSSR count). The molecule has 0 aliphatic heterocycles. The average Bonchev–Trinajstić information content (AvgIpc) is 2.26. The van der Waals surface area contributed by atoms with Crippen LogP contribution in [0.2, 0.25) is 0 Å². The van der Waals surface area contributed by atoms with Crippen molar-refractivity contribution in [2.24, 2.45) is 0 Å². The van der Waals surface area contributed by atoms with E-state index in [0.29, 0.717) is 11.3 Å². The number of hydrogen-bond acceptors (Lipinski definition) is 3. The molecule has 0 aliphatic carbocycles. The summed E-state index contributed by atoms with van der Waals surface area (Å²) in [7, 11) is 1.27. The number of ether oxygens (including phenoxy) is 2. The zero-order valence-corrected chi connectivity index (χ0v) is 8.07. The zero-order valence-electron chi connectivity index (χ0n) is 8.07. The number of rotatable bonds is 4. The van der Waals surface area contributed by atoms with Crippen LogP contribution < -0.4 is 4.74 Å². The van der Waals surface area contributed by atoms with Gasteiger partial charge in [-0.05, 0) is 24.3 Å². The Labute approximate surface area is 85.6 Å². The van der Waals surface area contributed by atoms with Crippen LogP contribution in [-0.4, -0.2) is 26.1 Å². The molecule has 0 saturated heterocycles. The molecular formula is C10H10F2O3. The standard InChI is InChI=1S/C10H10F2O3/c1-14-10(13)7-2-4-8(5-3-7)15-6-9(11)12/h2-5,9H,6H2,1H3. The molecule has 0 aliphatic rings. The first-order valence-electron chi connectivity index (χ1n) is 4.23. The van der Waals surface area contributed by atoms with Gasteiger partial charge in [-0.1, -0.05) is 0 Å². The van der Waals surface area contributed by atoms with E-state index in [1.165, 1.54) is 31.4 Å². The first kappa shape index (κ1) is 11.4. The normalized spacial score (nSPS) is 10.1. The molecule has 0 N–H and O–H groups in total. The molecule has 5 heteroatoms. The molecule has 15 heavy (non-hydrogen) atoms. The van der Waals surface area contributed by atoms with Crippen molar-refractivity contribution in [2.75, 3.05) is 13.7 Å². The Bertz CT molecular complexity index is 322. The van der Waals surface area contributed by atoms with Gasteiger partial charge in [0.25, 0.3) is 6.43 Å². The van der Waals surface area contributed by atoms with Gasteiger partial charge in [-0.3, -0.25) is 0 Å². The monoisotopic (exact) mass is 216 g/mol. The average molecular weight is 216 g/mol. The first-order chi connectivity index (χ1) is 7.13. The maximum Gasteiger partial charge on any atom is 0.337 e. The Morgan fingerprint density at radius 3 is 2.40 bits per heavy atom. The van der Waals surface area contributed by atoms with Gasteiger partial charge >= 0.3 is 5.97 Å². The van der Waals surface area contributed by atoms with E-state index >= 15 is 0 Å². The minimum Gasteiger partial charge on any atom is -0.488 e. The molecule has 0 bridgehead atoms. The summed E-state index contributed by atoms with van der Waals surface area (Å²) in [6.07, 6.45) is -2.51. The fourth-order valence-corrected chi connectivity index (χ4v) is 0.964. The highest BCUT2D eigenvalue weighted by atomic mass is 19.3. The summed E-state index contributed by atoms with van der Waals surface area (Å²) in [4.78, 5) is 11.0. The molecule has 0 unspecified atom stereocenters. The number of alkyl halides is 2. The lowest BCUT2D eigenvalue weighted by atomic mass is 10.2. The van der Waals surface area contributed by atoms with Crippen LogP contribution in [0, 0.1) is 0 Å². The van der Waals surface area contributed by atoms with Crippen molar-refractivity contribution in [2.45, 2.75) is 6.43 Å². The second kappa shape index (κ2) is 5.29. The van der Waals surface area contributed by atoms with E-state index in [1.54, 1.807) is 0 Å². The van der Waals surface area contributed by atoms with Crippen LogP contribution in [0.4, 0.5) is 8.78 Å². The SMILES string of the molecule is COC(=O)c1ccc(OCC(F)F)cc1. The van der Waals surface area contributed by atoms with Crippen LogP contribution in [0.25, 0.3) is 0 Å². The van der Waals surface area contributed by atoms with E-state index < -0.39 is 19.0 Å². The molecule has 82 valence electrons. The summed E-state index contributed by atoms with van der Waals surface area (Å²) < 4.78 is 32.8. The van der Waals surface area contributed by atoms with Gasteiger partial charge in [-0.25, -0.2) is 13.6 Å². The van der Waals surface area contributed by atoms with Crippen molar-refractivity contribution in [1.29, 1.82) is 0 Å². The van der Waals surface area contributed by atoms with Gasteiger partial charge in [-0.15, -0.1) is 0 Å². The molecule has 0 aromatic heterocycles. The van der Waals surface area contributed by atoms with E-state index in [1.807, 2.05) is 0 Å². The quantitative estimate of drug-likeness (QED) is 0.723. The highest BCUT2D eigenvalue weighted by Gasteiger charge is 2.06. The van der Waals surface area contributed by atoms with Gasteiger partial charge in [0.2, 0.25) is 0 Å². The molecule has 0 amide bonds. The third kappa shape index (κ3) is 3.53. The van der Waals surface area contributed by atoms with Crippen molar-refractivity contribution in [3.05, 3.63) is 29.8 Å². The van der Waals surface area contributed by atoms with Crippen LogP contribution >= 0.6 is 0 Å². The van der Waals surface area contributed by atoms with Gasteiger partial charge < -0.3 is 9.47 Å². The number of halogens is 2. The third-order valence-electron chi connectivity index (χ3n) is 1.65. The fourth-order valence-electron chi connectivity index (χ4n) is 0.964. The van der Waals surface area contributed by atoms with Crippen LogP contribution in [0.1, 0.15) is 10.4 Å². The van der Waals surface area contributed by atoms with Crippen molar-refractivity contribution < 1.29 is 23.0 Å². The summed E-state index contributed by atoms with van der Waals surface area (Å²) >= 11 is 0. The molecule has 3 nitrogen and oxygen atoms in total. The molecular weight excluding hydrogens is 206 g/mol. The summed E-state index contributed by atoms with van der Waals surface area (Å²) in [5.74, 6) is -0.182. The Kier molecular flexibility index (Phi) is 4.03. The molecule has 0 fully saturated rings. The lowest BCUT2D eigenvalue weighted by Crippen LogP contribution is -2.07. The zero-order chi connectivity index (χ0) is 11.3. The number of esters is 1. The lowest BCUT2D eigenvalue weighted by Gasteiger charge is -2.05. The maximum absolute atomic E-state index is 11.8. The van der Waals surface area contributed by atoms with Crippen LogP contribution in [-0.2, 0) is 4.74 Å². The highest BCUT2D eigenvalue weighted by molar-refractivity contribution is 5.89. The van der Waals surface area contributed by atoms with E-state index in [-0.39, 0.29) is 0 Å². The topological polar surface area (TPSA) is 35.5 Å². The number of carbonyl (C=O) groups is 1. The molecule has 0 saturated carbocycles. The highest BCUT2D eigenvalue weighted by Crippen LogP contribution is 2.13. The number of carbonyl (C=O) groups excluding carboxylic acids is 1. The molecule has 1 aromatic rings. The van der Waals surface area contributed by atoms with Crippen LogP contribution in [0.3, 0.4) is 0 Å². The number of methoxy groups -OCH3 is 1. The van der Waals surface area contributed by atoms with Gasteiger partial charge in [0, 0.05) is 0 Å². The summed E-state index contributed by atoms with van der Waals surface area (Å²) in [5, 5.41) is 0. The fraction of sp³-hybridized carbons (Fsp3) is 0.300. The van der Waals surface area contributed by atoms with Gasteiger partial charge in [-0.2, -0.15) is 0 Å². The van der Waals surface area contributed by atoms with Crippen LogP contribution in [0.5, 0.6) is 5.75 Å².